The van der Waals surface area contributed by atoms with E-state index in [2.05, 4.69) is 5.32 Å². The Labute approximate surface area is 168 Å². The third kappa shape index (κ3) is 3.70. The third-order valence-electron chi connectivity index (χ3n) is 6.12. The van der Waals surface area contributed by atoms with E-state index in [1.807, 2.05) is 36.4 Å². The van der Waals surface area contributed by atoms with Gasteiger partial charge in [0.05, 0.1) is 12.0 Å². The molecule has 4 rings (SSSR count). The van der Waals surface area contributed by atoms with Gasteiger partial charge in [-0.1, -0.05) is 30.3 Å². The van der Waals surface area contributed by atoms with Crippen molar-refractivity contribution < 1.29 is 24.2 Å². The smallest absolute Gasteiger partial charge is 0.311 e. The van der Waals surface area contributed by atoms with Crippen LogP contribution in [0.4, 0.5) is 0 Å². The number of rotatable bonds is 5. The Bertz CT molecular complexity index is 959. The molecule has 2 N–H and O–H groups in total. The van der Waals surface area contributed by atoms with Crippen LogP contribution in [0.2, 0.25) is 0 Å². The van der Waals surface area contributed by atoms with Crippen molar-refractivity contribution in [2.75, 3.05) is 32.8 Å². The van der Waals surface area contributed by atoms with Crippen LogP contribution >= 0.6 is 0 Å². The molecule has 7 nitrogen and oxygen atoms in total. The number of carbonyl (C=O) groups is 3. The van der Waals surface area contributed by atoms with E-state index in [1.54, 1.807) is 11.0 Å². The molecule has 152 valence electrons. The van der Waals surface area contributed by atoms with Crippen LogP contribution in [-0.2, 0) is 14.3 Å². The Kier molecular flexibility index (Phi) is 5.24. The number of carbonyl (C=O) groups excluding carboxylic acids is 2. The normalized spacial score (nSPS) is 23.6. The summed E-state index contributed by atoms with van der Waals surface area (Å²) in [5.74, 6) is -1.40. The molecule has 29 heavy (non-hydrogen) atoms. The summed E-state index contributed by atoms with van der Waals surface area (Å²) in [7, 11) is 0. The Morgan fingerprint density at radius 2 is 1.97 bits per heavy atom. The molecule has 2 atom stereocenters. The minimum atomic E-state index is -0.901. The van der Waals surface area contributed by atoms with Crippen molar-refractivity contribution in [3.05, 3.63) is 48.0 Å². The van der Waals surface area contributed by atoms with Gasteiger partial charge in [-0.05, 0) is 29.3 Å². The third-order valence-corrected chi connectivity index (χ3v) is 6.12. The molecule has 0 spiro atoms. The zero-order chi connectivity index (χ0) is 20.4. The molecule has 0 unspecified atom stereocenters. The van der Waals surface area contributed by atoms with Gasteiger partial charge in [-0.3, -0.25) is 14.4 Å². The first kappa shape index (κ1) is 19.4. The second kappa shape index (κ2) is 7.83. The van der Waals surface area contributed by atoms with Crippen LogP contribution < -0.4 is 5.32 Å². The van der Waals surface area contributed by atoms with Gasteiger partial charge < -0.3 is 20.1 Å². The van der Waals surface area contributed by atoms with Crippen LogP contribution in [0.25, 0.3) is 10.8 Å². The summed E-state index contributed by atoms with van der Waals surface area (Å²) in [6.07, 6.45) is 0.568. The van der Waals surface area contributed by atoms with E-state index in [4.69, 9.17) is 4.74 Å². The van der Waals surface area contributed by atoms with Gasteiger partial charge in [0.1, 0.15) is 0 Å². The van der Waals surface area contributed by atoms with Gasteiger partial charge in [0, 0.05) is 44.1 Å². The molecule has 0 aromatic heterocycles. The molecule has 2 heterocycles. The number of ether oxygens (including phenoxy) is 1. The number of aliphatic carboxylic acids is 1. The summed E-state index contributed by atoms with van der Waals surface area (Å²) in [4.78, 5) is 38.4. The molecule has 2 aromatic carbocycles. The number of hydrogen-bond acceptors (Lipinski definition) is 4. The molecule has 0 aliphatic carbocycles. The lowest BCUT2D eigenvalue weighted by atomic mass is 9.74. The summed E-state index contributed by atoms with van der Waals surface area (Å²) in [5.41, 5.74) is -0.354. The number of nitrogens with one attached hydrogen (secondary N) is 1. The van der Waals surface area contributed by atoms with Crippen LogP contribution in [0.15, 0.2) is 42.5 Å². The number of amides is 2. The number of benzene rings is 2. The first-order valence-electron chi connectivity index (χ1n) is 9.85. The Balaban J connectivity index is 1.32. The van der Waals surface area contributed by atoms with E-state index in [-0.39, 0.29) is 37.2 Å². The molecule has 2 aromatic rings. The van der Waals surface area contributed by atoms with Crippen molar-refractivity contribution in [2.45, 2.75) is 12.8 Å². The number of likely N-dealkylation sites (tertiary alicyclic amines) is 1. The second-order valence-electron chi connectivity index (χ2n) is 7.83. The van der Waals surface area contributed by atoms with E-state index < -0.39 is 11.4 Å². The van der Waals surface area contributed by atoms with Gasteiger partial charge in [-0.15, -0.1) is 0 Å². The van der Waals surface area contributed by atoms with Crippen LogP contribution in [0, 0.1) is 11.3 Å². The zero-order valence-electron chi connectivity index (χ0n) is 16.1. The lowest BCUT2D eigenvalue weighted by molar-refractivity contribution is -0.157. The second-order valence-corrected chi connectivity index (χ2v) is 7.83. The minimum absolute atomic E-state index is 0.140. The highest BCUT2D eigenvalue weighted by Gasteiger charge is 2.54. The van der Waals surface area contributed by atoms with Crippen LogP contribution in [-0.4, -0.2) is 60.6 Å². The van der Waals surface area contributed by atoms with Gasteiger partial charge in [-0.2, -0.15) is 0 Å². The number of carboxylic acid groups (broad SMARTS) is 1. The largest absolute Gasteiger partial charge is 0.481 e. The van der Waals surface area contributed by atoms with E-state index in [9.17, 15) is 19.5 Å². The monoisotopic (exact) mass is 396 g/mol. The predicted molar refractivity (Wildman–Crippen MR) is 106 cm³/mol. The van der Waals surface area contributed by atoms with Gasteiger partial charge >= 0.3 is 5.97 Å². The molecular formula is C22H24N2O5. The Hall–Kier alpha value is -2.93. The minimum Gasteiger partial charge on any atom is -0.481 e. The van der Waals surface area contributed by atoms with Crippen molar-refractivity contribution in [3.63, 3.8) is 0 Å². The molecular weight excluding hydrogens is 372 g/mol. The summed E-state index contributed by atoms with van der Waals surface area (Å²) in [6.45, 7) is 1.60. The Morgan fingerprint density at radius 1 is 1.17 bits per heavy atom. The van der Waals surface area contributed by atoms with E-state index in [1.165, 1.54) is 0 Å². The molecule has 0 bridgehead atoms. The van der Waals surface area contributed by atoms with Gasteiger partial charge in [0.15, 0.2) is 0 Å². The fourth-order valence-electron chi connectivity index (χ4n) is 4.36. The maximum atomic E-state index is 12.6. The highest BCUT2D eigenvalue weighted by molar-refractivity contribution is 5.98. The van der Waals surface area contributed by atoms with Crippen molar-refractivity contribution in [3.8, 4) is 0 Å². The summed E-state index contributed by atoms with van der Waals surface area (Å²) in [5, 5.41) is 14.5. The molecule has 2 amide bonds. The van der Waals surface area contributed by atoms with Crippen molar-refractivity contribution >= 4 is 28.6 Å². The highest BCUT2D eigenvalue weighted by atomic mass is 16.5. The molecule has 2 saturated heterocycles. The average Bonchev–Trinajstić information content (AvgIpc) is 3.14. The summed E-state index contributed by atoms with van der Waals surface area (Å²) >= 11 is 0. The topological polar surface area (TPSA) is 95.9 Å². The molecule has 0 saturated carbocycles. The van der Waals surface area contributed by atoms with Crippen molar-refractivity contribution in [1.82, 2.24) is 10.2 Å². The van der Waals surface area contributed by atoms with Crippen LogP contribution in [0.3, 0.4) is 0 Å². The molecule has 7 heteroatoms. The highest BCUT2D eigenvalue weighted by Crippen LogP contribution is 2.42. The molecule has 2 fully saturated rings. The van der Waals surface area contributed by atoms with Gasteiger partial charge in [0.2, 0.25) is 5.91 Å². The first-order valence-corrected chi connectivity index (χ1v) is 9.85. The lowest BCUT2D eigenvalue weighted by Crippen LogP contribution is -2.45. The average molecular weight is 396 g/mol. The van der Waals surface area contributed by atoms with E-state index in [0.29, 0.717) is 31.7 Å². The molecule has 0 radical (unpaired) electrons. The SMILES string of the molecule is O=C(NCCC(=O)N1C[C@H]2COCC[C@@]2(C(=O)O)C1)c1ccc2ccccc2c1. The maximum absolute atomic E-state index is 12.6. The number of hydrogen-bond donors (Lipinski definition) is 2. The fourth-order valence-corrected chi connectivity index (χ4v) is 4.36. The first-order chi connectivity index (χ1) is 14.0. The van der Waals surface area contributed by atoms with Gasteiger partial charge in [-0.25, -0.2) is 0 Å². The molecule has 2 aliphatic heterocycles. The van der Waals surface area contributed by atoms with Crippen molar-refractivity contribution in [1.29, 1.82) is 0 Å². The van der Waals surface area contributed by atoms with E-state index in [0.717, 1.165) is 10.8 Å². The van der Waals surface area contributed by atoms with E-state index >= 15 is 0 Å². The van der Waals surface area contributed by atoms with Crippen LogP contribution in [0.5, 0.6) is 0 Å². The standard InChI is InChI=1S/C22H24N2O5/c25-19(24-12-18-13-29-10-8-22(18,14-24)21(27)28)7-9-23-20(26)17-6-5-15-3-1-2-4-16(15)11-17/h1-6,11,18H,7-10,12-14H2,(H,23,26)(H,27,28)/t18-,22+/m0/s1. The predicted octanol–water partition coefficient (Wildman–Crippen LogP) is 1.91. The fraction of sp³-hybridized carbons (Fsp3) is 0.409. The Morgan fingerprint density at radius 3 is 2.72 bits per heavy atom. The number of fused-ring (bicyclic) bond motifs is 2. The number of nitrogens with zero attached hydrogens (tertiary/aromatic N) is 1. The quantitative estimate of drug-likeness (QED) is 0.805. The van der Waals surface area contributed by atoms with Gasteiger partial charge in [0.25, 0.3) is 5.91 Å². The van der Waals surface area contributed by atoms with Crippen molar-refractivity contribution in [2.24, 2.45) is 11.3 Å². The summed E-state index contributed by atoms with van der Waals surface area (Å²) < 4.78 is 5.42. The summed E-state index contributed by atoms with van der Waals surface area (Å²) in [6, 6.07) is 13.3. The zero-order valence-corrected chi connectivity index (χ0v) is 16.1. The molecule has 2 aliphatic rings. The van der Waals surface area contributed by atoms with Crippen LogP contribution in [0.1, 0.15) is 23.2 Å². The lowest BCUT2D eigenvalue weighted by Gasteiger charge is -2.33. The number of carboxylic acids is 1. The maximum Gasteiger partial charge on any atom is 0.311 e.